The van der Waals surface area contributed by atoms with Gasteiger partial charge >= 0.3 is 0 Å². The van der Waals surface area contributed by atoms with Crippen LogP contribution in [-0.2, 0) is 4.74 Å². The van der Waals surface area contributed by atoms with E-state index in [1.165, 1.54) is 12.1 Å². The molecule has 0 saturated carbocycles. The summed E-state index contributed by atoms with van der Waals surface area (Å²) in [6.07, 6.45) is 1.25. The Morgan fingerprint density at radius 3 is 3.08 bits per heavy atom. The van der Waals surface area contributed by atoms with Crippen LogP contribution in [0.15, 0.2) is 24.3 Å². The number of hydrogen-bond acceptors (Lipinski definition) is 2. The normalized spacial score (nSPS) is 19.9. The van der Waals surface area contributed by atoms with E-state index in [0.717, 1.165) is 13.0 Å². The maximum absolute atomic E-state index is 12.7. The van der Waals surface area contributed by atoms with Crippen molar-refractivity contribution in [3.05, 3.63) is 30.1 Å². The summed E-state index contributed by atoms with van der Waals surface area (Å²) < 4.78 is 23.0. The fraction of sp³-hybridized carbons (Fsp3) is 0.400. The lowest BCUT2D eigenvalue weighted by Gasteiger charge is -2.03. The molecule has 1 aromatic carbocycles. The molecule has 1 aliphatic heterocycles. The van der Waals surface area contributed by atoms with Crippen LogP contribution >= 0.6 is 0 Å². The van der Waals surface area contributed by atoms with Crippen LogP contribution in [0, 0.1) is 5.82 Å². The summed E-state index contributed by atoms with van der Waals surface area (Å²) in [7, 11) is 0. The molecule has 1 atom stereocenters. The fourth-order valence-corrected chi connectivity index (χ4v) is 1.10. The lowest BCUT2D eigenvalue weighted by atomic mass is 10.3. The molecule has 0 amide bonds. The molecule has 0 radical (unpaired) electrons. The molecule has 0 unspecified atom stereocenters. The van der Waals surface area contributed by atoms with Gasteiger partial charge in [0.25, 0.3) is 0 Å². The van der Waals surface area contributed by atoms with E-state index in [-0.39, 0.29) is 5.82 Å². The number of ether oxygens (including phenoxy) is 2. The van der Waals surface area contributed by atoms with Gasteiger partial charge in [-0.3, -0.25) is 0 Å². The van der Waals surface area contributed by atoms with Crippen molar-refractivity contribution in [3.63, 3.8) is 0 Å². The molecular formula is C10H11FO2. The van der Waals surface area contributed by atoms with E-state index in [2.05, 4.69) is 0 Å². The van der Waals surface area contributed by atoms with Crippen LogP contribution in [-0.4, -0.2) is 19.3 Å². The molecule has 1 saturated heterocycles. The summed E-state index contributed by atoms with van der Waals surface area (Å²) in [6.45, 7) is 1.43. The Labute approximate surface area is 76.3 Å². The average Bonchev–Trinajstić information content (AvgIpc) is 2.88. The summed E-state index contributed by atoms with van der Waals surface area (Å²) in [4.78, 5) is 0. The molecule has 0 spiro atoms. The van der Waals surface area contributed by atoms with Crippen LogP contribution < -0.4 is 4.74 Å². The Kier molecular flexibility index (Phi) is 2.45. The van der Waals surface area contributed by atoms with Gasteiger partial charge in [0, 0.05) is 12.5 Å². The Hall–Kier alpha value is -1.09. The highest BCUT2D eigenvalue weighted by Gasteiger charge is 2.21. The lowest BCUT2D eigenvalue weighted by molar-refractivity contribution is 0.282. The lowest BCUT2D eigenvalue weighted by Crippen LogP contribution is -2.00. The summed E-state index contributed by atoms with van der Waals surface area (Å²) in [5.74, 6) is 0.320. The molecule has 0 bridgehead atoms. The zero-order valence-electron chi connectivity index (χ0n) is 7.20. The second-order valence-electron chi connectivity index (χ2n) is 3.05. The van der Waals surface area contributed by atoms with Gasteiger partial charge in [0.05, 0.1) is 19.3 Å². The van der Waals surface area contributed by atoms with E-state index in [4.69, 9.17) is 9.47 Å². The molecule has 0 aromatic heterocycles. The van der Waals surface area contributed by atoms with E-state index >= 15 is 0 Å². The van der Waals surface area contributed by atoms with Crippen LogP contribution in [0.5, 0.6) is 5.75 Å². The molecule has 2 nitrogen and oxygen atoms in total. The second-order valence-corrected chi connectivity index (χ2v) is 3.05. The number of benzene rings is 1. The highest BCUT2D eigenvalue weighted by Crippen LogP contribution is 2.16. The minimum atomic E-state index is -0.264. The Bertz CT molecular complexity index is 284. The van der Waals surface area contributed by atoms with Gasteiger partial charge in [-0.15, -0.1) is 0 Å². The van der Waals surface area contributed by atoms with Gasteiger partial charge in [0.2, 0.25) is 0 Å². The molecule has 1 heterocycles. The van der Waals surface area contributed by atoms with E-state index in [1.807, 2.05) is 0 Å². The zero-order chi connectivity index (χ0) is 9.10. The summed E-state index contributed by atoms with van der Waals surface area (Å²) in [6, 6.07) is 6.17. The number of epoxide rings is 1. The minimum absolute atomic E-state index is 0.264. The standard InChI is InChI=1S/C10H11FO2/c11-8-2-1-3-9(6-8)12-5-4-10-7-13-10/h1-3,6,10H,4-5,7H2/t10-/m1/s1. The Balaban J connectivity index is 1.79. The Morgan fingerprint density at radius 2 is 2.38 bits per heavy atom. The van der Waals surface area contributed by atoms with Crippen molar-refractivity contribution in [2.24, 2.45) is 0 Å². The van der Waals surface area contributed by atoms with Crippen molar-refractivity contribution < 1.29 is 13.9 Å². The highest BCUT2D eigenvalue weighted by molar-refractivity contribution is 5.22. The van der Waals surface area contributed by atoms with Crippen LogP contribution in [0.25, 0.3) is 0 Å². The molecule has 2 rings (SSSR count). The molecule has 1 aliphatic rings. The topological polar surface area (TPSA) is 21.8 Å². The SMILES string of the molecule is Fc1cccc(OCC[C@@H]2CO2)c1. The van der Waals surface area contributed by atoms with Crippen molar-refractivity contribution in [2.45, 2.75) is 12.5 Å². The van der Waals surface area contributed by atoms with Gasteiger partial charge < -0.3 is 9.47 Å². The molecular weight excluding hydrogens is 171 g/mol. The van der Waals surface area contributed by atoms with Gasteiger partial charge in [-0.25, -0.2) is 4.39 Å². The van der Waals surface area contributed by atoms with Crippen molar-refractivity contribution in [1.29, 1.82) is 0 Å². The van der Waals surface area contributed by atoms with Gasteiger partial charge in [-0.05, 0) is 12.1 Å². The van der Waals surface area contributed by atoms with E-state index < -0.39 is 0 Å². The Morgan fingerprint density at radius 1 is 1.54 bits per heavy atom. The largest absolute Gasteiger partial charge is 0.493 e. The number of hydrogen-bond donors (Lipinski definition) is 0. The van der Waals surface area contributed by atoms with E-state index in [0.29, 0.717) is 18.5 Å². The van der Waals surface area contributed by atoms with Crippen molar-refractivity contribution in [3.8, 4) is 5.75 Å². The first kappa shape index (κ1) is 8.51. The minimum Gasteiger partial charge on any atom is -0.493 e. The first-order chi connectivity index (χ1) is 6.34. The van der Waals surface area contributed by atoms with Crippen LogP contribution in [0.3, 0.4) is 0 Å². The fourth-order valence-electron chi connectivity index (χ4n) is 1.10. The molecule has 13 heavy (non-hydrogen) atoms. The molecule has 70 valence electrons. The van der Waals surface area contributed by atoms with E-state index in [1.54, 1.807) is 12.1 Å². The monoisotopic (exact) mass is 182 g/mol. The van der Waals surface area contributed by atoms with Gasteiger partial charge in [0.15, 0.2) is 0 Å². The molecule has 1 fully saturated rings. The highest BCUT2D eigenvalue weighted by atomic mass is 19.1. The first-order valence-corrected chi connectivity index (χ1v) is 4.34. The quantitative estimate of drug-likeness (QED) is 0.664. The third-order valence-corrected chi connectivity index (χ3v) is 1.91. The first-order valence-electron chi connectivity index (χ1n) is 4.34. The van der Waals surface area contributed by atoms with Gasteiger partial charge in [0.1, 0.15) is 11.6 Å². The zero-order valence-corrected chi connectivity index (χ0v) is 7.20. The summed E-state index contributed by atoms with van der Waals surface area (Å²) in [5.41, 5.74) is 0. The van der Waals surface area contributed by atoms with Crippen LogP contribution in [0.4, 0.5) is 4.39 Å². The van der Waals surface area contributed by atoms with Crippen LogP contribution in [0.1, 0.15) is 6.42 Å². The van der Waals surface area contributed by atoms with Gasteiger partial charge in [-0.1, -0.05) is 6.07 Å². The maximum atomic E-state index is 12.7. The number of halogens is 1. The molecule has 0 aliphatic carbocycles. The van der Waals surface area contributed by atoms with Crippen molar-refractivity contribution >= 4 is 0 Å². The third kappa shape index (κ3) is 2.70. The third-order valence-electron chi connectivity index (χ3n) is 1.91. The van der Waals surface area contributed by atoms with E-state index in [9.17, 15) is 4.39 Å². The summed E-state index contributed by atoms with van der Waals surface area (Å²) in [5, 5.41) is 0. The average molecular weight is 182 g/mol. The van der Waals surface area contributed by atoms with Crippen molar-refractivity contribution in [1.82, 2.24) is 0 Å². The predicted molar refractivity (Wildman–Crippen MR) is 46.3 cm³/mol. The maximum Gasteiger partial charge on any atom is 0.126 e. The number of rotatable bonds is 4. The molecule has 3 heteroatoms. The summed E-state index contributed by atoms with van der Waals surface area (Å²) >= 11 is 0. The molecule has 1 aromatic rings. The van der Waals surface area contributed by atoms with Crippen LogP contribution in [0.2, 0.25) is 0 Å². The predicted octanol–water partition coefficient (Wildman–Crippen LogP) is 1.99. The smallest absolute Gasteiger partial charge is 0.126 e. The van der Waals surface area contributed by atoms with Gasteiger partial charge in [-0.2, -0.15) is 0 Å². The molecule has 0 N–H and O–H groups in total. The second kappa shape index (κ2) is 3.75. The van der Waals surface area contributed by atoms with Crippen molar-refractivity contribution in [2.75, 3.05) is 13.2 Å².